The summed E-state index contributed by atoms with van der Waals surface area (Å²) in [6.07, 6.45) is 0.0591. The van der Waals surface area contributed by atoms with E-state index in [-0.39, 0.29) is 22.8 Å². The predicted molar refractivity (Wildman–Crippen MR) is 99.9 cm³/mol. The lowest BCUT2D eigenvalue weighted by Crippen LogP contribution is -2.12. The summed E-state index contributed by atoms with van der Waals surface area (Å²) < 4.78 is 30.3. The van der Waals surface area contributed by atoms with Crippen molar-refractivity contribution in [2.45, 2.75) is 18.2 Å². The molecule has 0 heterocycles. The maximum Gasteiger partial charge on any atom is 0.339 e. The third-order valence-electron chi connectivity index (χ3n) is 3.93. The second-order valence-electron chi connectivity index (χ2n) is 5.92. The van der Waals surface area contributed by atoms with E-state index in [0.717, 1.165) is 5.56 Å². The highest BCUT2D eigenvalue weighted by atomic mass is 32.2. The fourth-order valence-electron chi connectivity index (χ4n) is 2.50. The van der Waals surface area contributed by atoms with Gasteiger partial charge in [0.1, 0.15) is 10.6 Å². The second kappa shape index (κ2) is 7.54. The molecule has 5 heteroatoms. The van der Waals surface area contributed by atoms with E-state index in [0.29, 0.717) is 11.1 Å². The van der Waals surface area contributed by atoms with Gasteiger partial charge in [0.2, 0.25) is 0 Å². The van der Waals surface area contributed by atoms with Crippen LogP contribution in [0.2, 0.25) is 0 Å². The Bertz CT molecular complexity index is 1010. The monoisotopic (exact) mass is 366 g/mol. The van der Waals surface area contributed by atoms with E-state index in [2.05, 4.69) is 0 Å². The van der Waals surface area contributed by atoms with Crippen LogP contribution < -0.4 is 4.18 Å². The number of carbonyl (C=O) groups excluding carboxylic acids is 1. The van der Waals surface area contributed by atoms with E-state index in [9.17, 15) is 13.2 Å². The average Bonchev–Trinajstić information content (AvgIpc) is 2.64. The summed E-state index contributed by atoms with van der Waals surface area (Å²) in [5, 5.41) is 0. The zero-order chi connectivity index (χ0) is 18.6. The van der Waals surface area contributed by atoms with Gasteiger partial charge in [-0.15, -0.1) is 0 Å². The molecule has 3 aromatic carbocycles. The molecule has 3 rings (SSSR count). The van der Waals surface area contributed by atoms with Crippen molar-refractivity contribution in [2.75, 3.05) is 0 Å². The highest BCUT2D eigenvalue weighted by molar-refractivity contribution is 7.87. The van der Waals surface area contributed by atoms with Crippen molar-refractivity contribution in [1.82, 2.24) is 0 Å². The number of aryl methyl sites for hydroxylation is 1. The Balaban J connectivity index is 1.85. The second-order valence-corrected chi connectivity index (χ2v) is 7.47. The number of hydrogen-bond donors (Lipinski definition) is 0. The van der Waals surface area contributed by atoms with Crippen LogP contribution in [0.25, 0.3) is 0 Å². The molecule has 0 aliphatic carbocycles. The lowest BCUT2D eigenvalue weighted by molar-refractivity contribution is 0.0992. The molecule has 0 aromatic heterocycles. The van der Waals surface area contributed by atoms with E-state index in [1.54, 1.807) is 60.7 Å². The Morgan fingerprint density at radius 1 is 0.846 bits per heavy atom. The molecule has 26 heavy (non-hydrogen) atoms. The van der Waals surface area contributed by atoms with Crippen molar-refractivity contribution in [1.29, 1.82) is 0 Å². The Morgan fingerprint density at radius 3 is 2.15 bits per heavy atom. The fourth-order valence-corrected chi connectivity index (χ4v) is 3.47. The minimum Gasteiger partial charge on any atom is -0.379 e. The molecule has 0 fully saturated rings. The van der Waals surface area contributed by atoms with E-state index in [1.165, 1.54) is 12.1 Å². The molecule has 0 saturated carbocycles. The maximum atomic E-state index is 12.5. The first-order chi connectivity index (χ1) is 12.5. The SMILES string of the molecule is Cc1ccc(S(=O)(=O)Oc2ccccc2CC(=O)c2ccccc2)cc1. The molecule has 4 nitrogen and oxygen atoms in total. The van der Waals surface area contributed by atoms with Gasteiger partial charge in [0, 0.05) is 17.5 Å². The van der Waals surface area contributed by atoms with Crippen molar-refractivity contribution in [3.05, 3.63) is 95.6 Å². The largest absolute Gasteiger partial charge is 0.379 e. The Labute approximate surface area is 153 Å². The van der Waals surface area contributed by atoms with Crippen molar-refractivity contribution < 1.29 is 17.4 Å². The first-order valence-corrected chi connectivity index (χ1v) is 9.54. The zero-order valence-electron chi connectivity index (χ0n) is 14.3. The molecule has 0 aliphatic heterocycles. The summed E-state index contributed by atoms with van der Waals surface area (Å²) in [5.74, 6) is 0.0618. The van der Waals surface area contributed by atoms with Gasteiger partial charge in [-0.1, -0.05) is 66.2 Å². The highest BCUT2D eigenvalue weighted by Crippen LogP contribution is 2.24. The van der Waals surface area contributed by atoms with Crippen molar-refractivity contribution in [3.63, 3.8) is 0 Å². The molecule has 0 N–H and O–H groups in total. The zero-order valence-corrected chi connectivity index (χ0v) is 15.1. The van der Waals surface area contributed by atoms with E-state index in [1.807, 2.05) is 13.0 Å². The summed E-state index contributed by atoms with van der Waals surface area (Å²) in [6, 6.07) is 22.0. The van der Waals surface area contributed by atoms with Crippen LogP contribution in [0.4, 0.5) is 0 Å². The van der Waals surface area contributed by atoms with E-state index < -0.39 is 10.1 Å². The maximum absolute atomic E-state index is 12.5. The van der Waals surface area contributed by atoms with Gasteiger partial charge in [-0.05, 0) is 25.1 Å². The van der Waals surface area contributed by atoms with Crippen LogP contribution in [-0.4, -0.2) is 14.2 Å². The molecule has 0 saturated heterocycles. The lowest BCUT2D eigenvalue weighted by Gasteiger charge is -2.11. The molecular formula is C21H18O4S. The molecule has 0 bridgehead atoms. The van der Waals surface area contributed by atoms with Crippen LogP contribution in [0.5, 0.6) is 5.75 Å². The molecule has 0 radical (unpaired) electrons. The van der Waals surface area contributed by atoms with Crippen LogP contribution in [0.15, 0.2) is 83.8 Å². The van der Waals surface area contributed by atoms with Crippen LogP contribution >= 0.6 is 0 Å². The van der Waals surface area contributed by atoms with Crippen molar-refractivity contribution in [3.8, 4) is 5.75 Å². The first-order valence-electron chi connectivity index (χ1n) is 8.13. The molecule has 132 valence electrons. The molecule has 0 spiro atoms. The Kier molecular flexibility index (Phi) is 5.19. The summed E-state index contributed by atoms with van der Waals surface area (Å²) >= 11 is 0. The number of benzene rings is 3. The summed E-state index contributed by atoms with van der Waals surface area (Å²) in [7, 11) is -3.96. The van der Waals surface area contributed by atoms with Crippen molar-refractivity contribution >= 4 is 15.9 Å². The van der Waals surface area contributed by atoms with Crippen LogP contribution in [-0.2, 0) is 16.5 Å². The molecule has 0 amide bonds. The Hall–Kier alpha value is -2.92. The third-order valence-corrected chi connectivity index (χ3v) is 5.18. The fraction of sp³-hybridized carbons (Fsp3) is 0.0952. The Morgan fingerprint density at radius 2 is 1.46 bits per heavy atom. The van der Waals surface area contributed by atoms with E-state index >= 15 is 0 Å². The molecule has 3 aromatic rings. The smallest absolute Gasteiger partial charge is 0.339 e. The quantitative estimate of drug-likeness (QED) is 0.485. The van der Waals surface area contributed by atoms with Gasteiger partial charge < -0.3 is 4.18 Å². The van der Waals surface area contributed by atoms with Gasteiger partial charge in [0.05, 0.1) is 0 Å². The summed E-state index contributed by atoms with van der Waals surface area (Å²) in [6.45, 7) is 1.88. The normalized spacial score (nSPS) is 11.1. The van der Waals surface area contributed by atoms with Crippen molar-refractivity contribution in [2.24, 2.45) is 0 Å². The minimum atomic E-state index is -3.96. The van der Waals surface area contributed by atoms with E-state index in [4.69, 9.17) is 4.18 Å². The van der Waals surface area contributed by atoms with Gasteiger partial charge in [-0.3, -0.25) is 4.79 Å². The third kappa shape index (κ3) is 4.18. The summed E-state index contributed by atoms with van der Waals surface area (Å²) in [4.78, 5) is 12.5. The average molecular weight is 366 g/mol. The first kappa shape index (κ1) is 17.9. The standard InChI is InChI=1S/C21H18O4S/c1-16-11-13-19(14-12-16)26(23,24)25-21-10-6-5-9-18(21)15-20(22)17-7-3-2-4-8-17/h2-14H,15H2,1H3. The number of rotatable bonds is 6. The van der Waals surface area contributed by atoms with Crippen LogP contribution in [0.1, 0.15) is 21.5 Å². The summed E-state index contributed by atoms with van der Waals surface area (Å²) in [5.41, 5.74) is 2.05. The molecular weight excluding hydrogens is 348 g/mol. The molecule has 0 atom stereocenters. The number of para-hydroxylation sites is 1. The van der Waals surface area contributed by atoms with Gasteiger partial charge in [-0.25, -0.2) is 0 Å². The van der Waals surface area contributed by atoms with Crippen LogP contribution in [0.3, 0.4) is 0 Å². The van der Waals surface area contributed by atoms with Crippen LogP contribution in [0, 0.1) is 6.92 Å². The lowest BCUT2D eigenvalue weighted by atomic mass is 10.0. The number of Topliss-reactive ketones (excluding diaryl/α,β-unsaturated/α-hetero) is 1. The van der Waals surface area contributed by atoms with Gasteiger partial charge >= 0.3 is 10.1 Å². The topological polar surface area (TPSA) is 60.4 Å². The highest BCUT2D eigenvalue weighted by Gasteiger charge is 2.19. The van der Waals surface area contributed by atoms with Gasteiger partial charge in [-0.2, -0.15) is 8.42 Å². The molecule has 0 aliphatic rings. The number of carbonyl (C=O) groups is 1. The minimum absolute atomic E-state index is 0.0591. The predicted octanol–water partition coefficient (Wildman–Crippen LogP) is 4.19. The van der Waals surface area contributed by atoms with Gasteiger partial charge in [0.25, 0.3) is 0 Å². The van der Waals surface area contributed by atoms with Gasteiger partial charge in [0.15, 0.2) is 5.78 Å². The molecule has 0 unspecified atom stereocenters. The number of ketones is 1. The number of hydrogen-bond acceptors (Lipinski definition) is 4.